The van der Waals surface area contributed by atoms with Crippen LogP contribution in [0.3, 0.4) is 0 Å². The van der Waals surface area contributed by atoms with Crippen LogP contribution in [0, 0.1) is 0 Å². The van der Waals surface area contributed by atoms with Crippen molar-refractivity contribution >= 4 is 5.91 Å². The van der Waals surface area contributed by atoms with Crippen LogP contribution in [0.15, 0.2) is 0 Å². The Labute approximate surface area is 109 Å². The maximum Gasteiger partial charge on any atom is 0.237 e. The number of hydrogen-bond acceptors (Lipinski definition) is 4. The number of carbonyl (C=O) groups excluding carboxylic acids is 1. The van der Waals surface area contributed by atoms with E-state index in [9.17, 15) is 9.90 Å². The largest absolute Gasteiger partial charge is 0.390 e. The average Bonchev–Trinajstić information content (AvgIpc) is 2.56. The van der Waals surface area contributed by atoms with Crippen LogP contribution in [-0.2, 0) is 4.79 Å². The van der Waals surface area contributed by atoms with Crippen molar-refractivity contribution in [3.8, 4) is 0 Å². The minimum absolute atomic E-state index is 0.208. The molecule has 0 spiro atoms. The smallest absolute Gasteiger partial charge is 0.237 e. The highest BCUT2D eigenvalue weighted by molar-refractivity contribution is 5.85. The maximum absolute atomic E-state index is 11.8. The first kappa shape index (κ1) is 13.8. The number of nitrogens with one attached hydrogen (secondary N) is 1. The van der Waals surface area contributed by atoms with Crippen LogP contribution in [-0.4, -0.2) is 53.2 Å². The third kappa shape index (κ3) is 2.39. The standard InChI is InChI=1S/C13H25N3O2/c1-2-15-8-11(17)9-16-10-4-3-6-13(16,7-5-10)12(14)18/h10-11,15,17H,2-9H2,1H3,(H2,14,18)/t10-,11+,13+/m1/s1. The third-order valence-electron chi connectivity index (χ3n) is 4.51. The molecule has 1 amide bonds. The molecule has 4 N–H and O–H groups in total. The third-order valence-corrected chi connectivity index (χ3v) is 4.51. The number of amides is 1. The monoisotopic (exact) mass is 255 g/mol. The zero-order valence-corrected chi connectivity index (χ0v) is 11.2. The fourth-order valence-electron chi connectivity index (χ4n) is 3.57. The van der Waals surface area contributed by atoms with Crippen LogP contribution in [0.2, 0.25) is 0 Å². The Balaban J connectivity index is 2.03. The molecule has 2 aliphatic rings. The van der Waals surface area contributed by atoms with Gasteiger partial charge >= 0.3 is 0 Å². The Hall–Kier alpha value is -0.650. The van der Waals surface area contributed by atoms with E-state index in [0.29, 0.717) is 19.1 Å². The molecule has 104 valence electrons. The van der Waals surface area contributed by atoms with Crippen molar-refractivity contribution in [2.75, 3.05) is 19.6 Å². The normalized spacial score (nSPS) is 33.6. The molecule has 5 heteroatoms. The van der Waals surface area contributed by atoms with Gasteiger partial charge in [-0.15, -0.1) is 0 Å². The SMILES string of the molecule is CCNC[C@H](O)CN1[C@@H]2CCC[C@@]1(C(N)=O)CC2. The lowest BCUT2D eigenvalue weighted by Gasteiger charge is -2.43. The van der Waals surface area contributed by atoms with Crippen molar-refractivity contribution in [2.24, 2.45) is 5.73 Å². The molecule has 2 fully saturated rings. The number of aliphatic hydroxyl groups is 1. The first-order valence-corrected chi connectivity index (χ1v) is 7.05. The molecule has 0 aromatic rings. The molecule has 0 aliphatic carbocycles. The molecule has 3 atom stereocenters. The molecule has 2 saturated heterocycles. The van der Waals surface area contributed by atoms with Crippen molar-refractivity contribution in [1.82, 2.24) is 10.2 Å². The lowest BCUT2D eigenvalue weighted by molar-refractivity contribution is -0.132. The lowest BCUT2D eigenvalue weighted by atomic mass is 9.87. The first-order valence-electron chi connectivity index (χ1n) is 7.05. The molecule has 2 rings (SSSR count). The Bertz CT molecular complexity index is 307. The first-order chi connectivity index (χ1) is 8.60. The minimum atomic E-state index is -0.476. The summed E-state index contributed by atoms with van der Waals surface area (Å²) in [5.41, 5.74) is 5.15. The van der Waals surface area contributed by atoms with Gasteiger partial charge in [0.15, 0.2) is 0 Å². The highest BCUT2D eigenvalue weighted by Crippen LogP contribution is 2.43. The van der Waals surface area contributed by atoms with Gasteiger partial charge in [0.25, 0.3) is 0 Å². The number of β-amino-alcohol motifs (C(OH)–C–C–N with tert-alkyl or cyclic N) is 1. The van der Waals surface area contributed by atoms with Crippen molar-refractivity contribution in [2.45, 2.75) is 56.7 Å². The van der Waals surface area contributed by atoms with Gasteiger partial charge in [0, 0.05) is 19.1 Å². The summed E-state index contributed by atoms with van der Waals surface area (Å²) in [7, 11) is 0. The van der Waals surface area contributed by atoms with Crippen molar-refractivity contribution in [1.29, 1.82) is 0 Å². The van der Waals surface area contributed by atoms with E-state index in [0.717, 1.165) is 38.6 Å². The number of nitrogens with zero attached hydrogens (tertiary/aromatic N) is 1. The Morgan fingerprint density at radius 2 is 2.33 bits per heavy atom. The Morgan fingerprint density at radius 1 is 1.56 bits per heavy atom. The van der Waals surface area contributed by atoms with Crippen LogP contribution in [0.4, 0.5) is 0 Å². The second-order valence-electron chi connectivity index (χ2n) is 5.59. The quantitative estimate of drug-likeness (QED) is 0.616. The summed E-state index contributed by atoms with van der Waals surface area (Å²) in [5, 5.41) is 13.2. The number of primary amides is 1. The molecule has 2 aliphatic heterocycles. The zero-order valence-electron chi connectivity index (χ0n) is 11.2. The molecule has 0 unspecified atom stereocenters. The van der Waals surface area contributed by atoms with Crippen LogP contribution in [0.25, 0.3) is 0 Å². The summed E-state index contributed by atoms with van der Waals surface area (Å²) in [6, 6.07) is 0.433. The van der Waals surface area contributed by atoms with Gasteiger partial charge in [-0.05, 0) is 38.6 Å². The predicted molar refractivity (Wildman–Crippen MR) is 70.1 cm³/mol. The number of piperidine rings is 1. The summed E-state index contributed by atoms with van der Waals surface area (Å²) in [5.74, 6) is -0.208. The van der Waals surface area contributed by atoms with Gasteiger partial charge in [-0.25, -0.2) is 0 Å². The van der Waals surface area contributed by atoms with Crippen LogP contribution in [0.1, 0.15) is 39.0 Å². The lowest BCUT2D eigenvalue weighted by Crippen LogP contribution is -2.60. The molecular formula is C13H25N3O2. The van der Waals surface area contributed by atoms with Crippen molar-refractivity contribution in [3.63, 3.8) is 0 Å². The topological polar surface area (TPSA) is 78.6 Å². The van der Waals surface area contributed by atoms with Gasteiger partial charge in [0.1, 0.15) is 5.54 Å². The summed E-state index contributed by atoms with van der Waals surface area (Å²) >= 11 is 0. The number of carbonyl (C=O) groups is 1. The fourth-order valence-corrected chi connectivity index (χ4v) is 3.57. The molecular weight excluding hydrogens is 230 g/mol. The highest BCUT2D eigenvalue weighted by Gasteiger charge is 2.52. The van der Waals surface area contributed by atoms with Gasteiger partial charge in [-0.1, -0.05) is 6.92 Å². The second-order valence-corrected chi connectivity index (χ2v) is 5.59. The predicted octanol–water partition coefficient (Wildman–Crippen LogP) is -0.171. The number of fused-ring (bicyclic) bond motifs is 2. The van der Waals surface area contributed by atoms with Crippen molar-refractivity contribution < 1.29 is 9.90 Å². The van der Waals surface area contributed by atoms with E-state index in [2.05, 4.69) is 10.2 Å². The van der Waals surface area contributed by atoms with Crippen LogP contribution >= 0.6 is 0 Å². The van der Waals surface area contributed by atoms with Crippen LogP contribution in [0.5, 0.6) is 0 Å². The summed E-state index contributed by atoms with van der Waals surface area (Å²) in [4.78, 5) is 14.0. The molecule has 5 nitrogen and oxygen atoms in total. The Kier molecular flexibility index (Phi) is 4.25. The highest BCUT2D eigenvalue weighted by atomic mass is 16.3. The van der Waals surface area contributed by atoms with E-state index in [1.807, 2.05) is 6.92 Å². The fraction of sp³-hybridized carbons (Fsp3) is 0.923. The number of nitrogens with two attached hydrogens (primary N) is 1. The molecule has 0 saturated carbocycles. The van der Waals surface area contributed by atoms with E-state index < -0.39 is 11.6 Å². The molecule has 2 heterocycles. The summed E-state index contributed by atoms with van der Waals surface area (Å²) < 4.78 is 0. The summed E-state index contributed by atoms with van der Waals surface area (Å²) in [6.07, 6.45) is 4.53. The second kappa shape index (κ2) is 5.55. The van der Waals surface area contributed by atoms with Crippen LogP contribution < -0.4 is 11.1 Å². The van der Waals surface area contributed by atoms with E-state index in [1.54, 1.807) is 0 Å². The van der Waals surface area contributed by atoms with E-state index in [4.69, 9.17) is 5.73 Å². The molecule has 0 radical (unpaired) electrons. The molecule has 2 bridgehead atoms. The van der Waals surface area contributed by atoms with E-state index in [1.165, 1.54) is 0 Å². The van der Waals surface area contributed by atoms with E-state index >= 15 is 0 Å². The van der Waals surface area contributed by atoms with Gasteiger partial charge in [-0.2, -0.15) is 0 Å². The number of hydrogen-bond donors (Lipinski definition) is 3. The maximum atomic E-state index is 11.8. The zero-order chi connectivity index (χ0) is 13.2. The number of likely N-dealkylation sites (N-methyl/N-ethyl adjacent to an activating group) is 1. The van der Waals surface area contributed by atoms with Gasteiger partial charge in [0.05, 0.1) is 6.10 Å². The number of aliphatic hydroxyl groups excluding tert-OH is 1. The number of rotatable bonds is 6. The molecule has 18 heavy (non-hydrogen) atoms. The average molecular weight is 255 g/mol. The van der Waals surface area contributed by atoms with Crippen molar-refractivity contribution in [3.05, 3.63) is 0 Å². The molecule has 0 aromatic heterocycles. The van der Waals surface area contributed by atoms with E-state index in [-0.39, 0.29) is 5.91 Å². The van der Waals surface area contributed by atoms with Gasteiger partial charge in [-0.3, -0.25) is 9.69 Å². The Morgan fingerprint density at radius 3 is 3.00 bits per heavy atom. The van der Waals surface area contributed by atoms with Gasteiger partial charge < -0.3 is 16.2 Å². The minimum Gasteiger partial charge on any atom is -0.390 e. The molecule has 0 aromatic carbocycles. The van der Waals surface area contributed by atoms with Gasteiger partial charge in [0.2, 0.25) is 5.91 Å². The summed E-state index contributed by atoms with van der Waals surface area (Å²) in [6.45, 7) is 4.00.